The number of hydrogen-bond donors (Lipinski definition) is 1. The molecule has 0 atom stereocenters. The van der Waals surface area contributed by atoms with Gasteiger partial charge in [0.05, 0.1) is 15.9 Å². The molecule has 3 aromatic rings. The summed E-state index contributed by atoms with van der Waals surface area (Å²) < 4.78 is 3.00. The Morgan fingerprint density at radius 1 is 1.22 bits per heavy atom. The predicted octanol–water partition coefficient (Wildman–Crippen LogP) is 3.76. The van der Waals surface area contributed by atoms with Gasteiger partial charge < -0.3 is 5.32 Å². The number of nitrogens with zero attached hydrogens (tertiary/aromatic N) is 3. The van der Waals surface area contributed by atoms with Crippen molar-refractivity contribution in [2.45, 2.75) is 40.7 Å². The molecule has 120 valence electrons. The molecule has 5 nitrogen and oxygen atoms in total. The van der Waals surface area contributed by atoms with E-state index in [1.807, 2.05) is 31.5 Å². The topological polar surface area (TPSA) is 59.8 Å². The third-order valence-corrected chi connectivity index (χ3v) is 4.95. The van der Waals surface area contributed by atoms with Gasteiger partial charge in [0, 0.05) is 18.7 Å². The first-order valence-electron chi connectivity index (χ1n) is 7.61. The lowest BCUT2D eigenvalue weighted by atomic mass is 10.1. The molecule has 0 saturated heterocycles. The number of anilines is 1. The number of thiazole rings is 1. The maximum Gasteiger partial charge on any atom is 0.228 e. The van der Waals surface area contributed by atoms with Crippen LogP contribution < -0.4 is 5.32 Å². The Balaban J connectivity index is 1.69. The molecule has 23 heavy (non-hydrogen) atoms. The molecule has 0 aliphatic rings. The van der Waals surface area contributed by atoms with Gasteiger partial charge in [-0.2, -0.15) is 5.10 Å². The molecule has 2 aromatic heterocycles. The summed E-state index contributed by atoms with van der Waals surface area (Å²) in [5.41, 5.74) is 5.33. The summed E-state index contributed by atoms with van der Waals surface area (Å²) >= 11 is 1.53. The number of aromatic nitrogens is 3. The van der Waals surface area contributed by atoms with Crippen LogP contribution >= 0.6 is 11.3 Å². The fourth-order valence-corrected chi connectivity index (χ4v) is 3.63. The molecule has 0 unspecified atom stereocenters. The van der Waals surface area contributed by atoms with Gasteiger partial charge in [-0.05, 0) is 44.9 Å². The lowest BCUT2D eigenvalue weighted by Gasteiger charge is -2.04. The molecule has 6 heteroatoms. The number of rotatable bonds is 4. The number of carbonyl (C=O) groups is 1. The van der Waals surface area contributed by atoms with Crippen LogP contribution in [0.5, 0.6) is 0 Å². The molecule has 1 aromatic carbocycles. The molecule has 0 spiro atoms. The van der Waals surface area contributed by atoms with Gasteiger partial charge in [-0.15, -0.1) is 0 Å². The normalized spacial score (nSPS) is 11.1. The second kappa shape index (κ2) is 6.12. The number of nitrogens with one attached hydrogen (secondary N) is 1. The zero-order valence-corrected chi connectivity index (χ0v) is 14.6. The highest BCUT2D eigenvalue weighted by Crippen LogP contribution is 2.30. The minimum absolute atomic E-state index is 0.0353. The van der Waals surface area contributed by atoms with Crippen LogP contribution in [0.25, 0.3) is 10.2 Å². The Morgan fingerprint density at radius 3 is 2.61 bits per heavy atom. The van der Waals surface area contributed by atoms with Gasteiger partial charge in [0.15, 0.2) is 5.13 Å². The zero-order valence-electron chi connectivity index (χ0n) is 13.8. The van der Waals surface area contributed by atoms with Gasteiger partial charge in [0.1, 0.15) is 0 Å². The molecule has 0 bridgehead atoms. The summed E-state index contributed by atoms with van der Waals surface area (Å²) in [5, 5.41) is 7.94. The highest BCUT2D eigenvalue weighted by atomic mass is 32.1. The SMILES string of the molecule is Cc1cc(C)n(CCC(=O)Nc2nc3c(C)ccc(C)c3s2)n1. The van der Waals surface area contributed by atoms with E-state index in [1.54, 1.807) is 0 Å². The molecule has 0 aliphatic carbocycles. The van der Waals surface area contributed by atoms with E-state index < -0.39 is 0 Å². The van der Waals surface area contributed by atoms with Crippen molar-refractivity contribution in [1.29, 1.82) is 0 Å². The van der Waals surface area contributed by atoms with E-state index in [9.17, 15) is 4.79 Å². The lowest BCUT2D eigenvalue weighted by Crippen LogP contribution is -2.15. The van der Waals surface area contributed by atoms with Gasteiger partial charge in [0.25, 0.3) is 0 Å². The van der Waals surface area contributed by atoms with Gasteiger partial charge in [-0.3, -0.25) is 9.48 Å². The van der Waals surface area contributed by atoms with E-state index in [4.69, 9.17) is 0 Å². The van der Waals surface area contributed by atoms with Crippen LogP contribution in [0.3, 0.4) is 0 Å². The zero-order chi connectivity index (χ0) is 16.6. The highest BCUT2D eigenvalue weighted by molar-refractivity contribution is 7.22. The molecule has 0 aliphatic heterocycles. The van der Waals surface area contributed by atoms with Crippen molar-refractivity contribution in [3.05, 3.63) is 40.7 Å². The van der Waals surface area contributed by atoms with Crippen LogP contribution in [0.15, 0.2) is 18.2 Å². The van der Waals surface area contributed by atoms with Crippen LogP contribution in [0, 0.1) is 27.7 Å². The van der Waals surface area contributed by atoms with Gasteiger partial charge in [-0.1, -0.05) is 23.5 Å². The Morgan fingerprint density at radius 2 is 1.96 bits per heavy atom. The summed E-state index contributed by atoms with van der Waals surface area (Å²) in [4.78, 5) is 16.7. The van der Waals surface area contributed by atoms with Crippen molar-refractivity contribution in [2.24, 2.45) is 0 Å². The van der Waals surface area contributed by atoms with Crippen molar-refractivity contribution in [1.82, 2.24) is 14.8 Å². The summed E-state index contributed by atoms with van der Waals surface area (Å²) in [5.74, 6) is -0.0353. The van der Waals surface area contributed by atoms with E-state index in [-0.39, 0.29) is 5.91 Å². The maximum absolute atomic E-state index is 12.2. The Hall–Kier alpha value is -2.21. The highest BCUT2D eigenvalue weighted by Gasteiger charge is 2.11. The van der Waals surface area contributed by atoms with Gasteiger partial charge in [-0.25, -0.2) is 4.98 Å². The largest absolute Gasteiger partial charge is 0.302 e. The quantitative estimate of drug-likeness (QED) is 0.793. The molecular formula is C17H20N4OS. The van der Waals surface area contributed by atoms with Crippen molar-refractivity contribution in [2.75, 3.05) is 5.32 Å². The fourth-order valence-electron chi connectivity index (χ4n) is 2.60. The average molecular weight is 328 g/mol. The number of fused-ring (bicyclic) bond motifs is 1. The summed E-state index contributed by atoms with van der Waals surface area (Å²) in [6, 6.07) is 6.16. The summed E-state index contributed by atoms with van der Waals surface area (Å²) in [6.45, 7) is 8.63. The third-order valence-electron chi connectivity index (χ3n) is 3.84. The van der Waals surface area contributed by atoms with Crippen LogP contribution in [-0.4, -0.2) is 20.7 Å². The summed E-state index contributed by atoms with van der Waals surface area (Å²) in [7, 11) is 0. The number of benzene rings is 1. The van der Waals surface area contributed by atoms with Crippen molar-refractivity contribution < 1.29 is 4.79 Å². The smallest absolute Gasteiger partial charge is 0.228 e. The van der Waals surface area contributed by atoms with E-state index in [1.165, 1.54) is 16.9 Å². The standard InChI is InChI=1S/C17H20N4OS/c1-10-5-6-11(2)16-15(10)19-17(23-16)18-14(22)7-8-21-13(4)9-12(3)20-21/h5-6,9H,7-8H2,1-4H3,(H,18,19,22). The van der Waals surface area contributed by atoms with E-state index in [2.05, 4.69) is 34.5 Å². The van der Waals surface area contributed by atoms with Crippen LogP contribution in [-0.2, 0) is 11.3 Å². The third kappa shape index (κ3) is 3.27. The number of carbonyl (C=O) groups excluding carboxylic acids is 1. The lowest BCUT2D eigenvalue weighted by molar-refractivity contribution is -0.116. The minimum Gasteiger partial charge on any atom is -0.302 e. The Bertz CT molecular complexity index is 839. The molecule has 2 heterocycles. The van der Waals surface area contributed by atoms with Gasteiger partial charge in [0.2, 0.25) is 5.91 Å². The molecule has 0 radical (unpaired) electrons. The van der Waals surface area contributed by atoms with Gasteiger partial charge >= 0.3 is 0 Å². The molecule has 0 fully saturated rings. The molecule has 1 N–H and O–H groups in total. The Labute approximate surface area is 139 Å². The second-order valence-corrected chi connectivity index (χ2v) is 6.84. The van der Waals surface area contributed by atoms with Crippen LogP contribution in [0.4, 0.5) is 5.13 Å². The molecular weight excluding hydrogens is 308 g/mol. The van der Waals surface area contributed by atoms with E-state index >= 15 is 0 Å². The second-order valence-electron chi connectivity index (χ2n) is 5.84. The molecule has 0 saturated carbocycles. The fraction of sp³-hybridized carbons (Fsp3) is 0.353. The van der Waals surface area contributed by atoms with Crippen molar-refractivity contribution in [3.63, 3.8) is 0 Å². The summed E-state index contributed by atoms with van der Waals surface area (Å²) in [6.07, 6.45) is 0.385. The monoisotopic (exact) mass is 328 g/mol. The molecule has 1 amide bonds. The number of aryl methyl sites for hydroxylation is 5. The Kier molecular flexibility index (Phi) is 4.17. The first kappa shape index (κ1) is 15.7. The van der Waals surface area contributed by atoms with Crippen molar-refractivity contribution in [3.8, 4) is 0 Å². The average Bonchev–Trinajstić information content (AvgIpc) is 3.05. The van der Waals surface area contributed by atoms with Crippen molar-refractivity contribution >= 4 is 32.6 Å². The first-order valence-corrected chi connectivity index (χ1v) is 8.43. The molecule has 3 rings (SSSR count). The van der Waals surface area contributed by atoms with E-state index in [0.29, 0.717) is 18.1 Å². The van der Waals surface area contributed by atoms with E-state index in [0.717, 1.165) is 27.2 Å². The van der Waals surface area contributed by atoms with Crippen LogP contribution in [0.1, 0.15) is 28.9 Å². The van der Waals surface area contributed by atoms with Crippen LogP contribution in [0.2, 0.25) is 0 Å². The number of hydrogen-bond acceptors (Lipinski definition) is 4. The predicted molar refractivity (Wildman–Crippen MR) is 94.0 cm³/mol. The maximum atomic E-state index is 12.2. The number of amides is 1. The minimum atomic E-state index is -0.0353. The first-order chi connectivity index (χ1) is 10.9.